The van der Waals surface area contributed by atoms with Crippen molar-refractivity contribution in [1.29, 1.82) is 0 Å². The normalized spacial score (nSPS) is 21.0. The van der Waals surface area contributed by atoms with E-state index < -0.39 is 0 Å². The second kappa shape index (κ2) is 6.91. The number of aryl methyl sites for hydroxylation is 1. The number of hydrogen-bond acceptors (Lipinski definition) is 4. The molecule has 1 aromatic rings. The number of amides is 1. The van der Waals surface area contributed by atoms with Crippen LogP contribution in [0.5, 0.6) is 0 Å². The first-order valence-electron chi connectivity index (χ1n) is 7.53. The van der Waals surface area contributed by atoms with Crippen LogP contribution in [0.1, 0.15) is 25.8 Å². The van der Waals surface area contributed by atoms with E-state index in [1.54, 1.807) is 6.07 Å². The summed E-state index contributed by atoms with van der Waals surface area (Å²) in [6.07, 6.45) is 0.981. The molecular formula is C16H25N3O2. The maximum atomic E-state index is 12.5. The van der Waals surface area contributed by atoms with E-state index in [0.29, 0.717) is 24.9 Å². The fourth-order valence-electron chi connectivity index (χ4n) is 2.69. The fourth-order valence-corrected chi connectivity index (χ4v) is 2.69. The van der Waals surface area contributed by atoms with Gasteiger partial charge in [-0.1, -0.05) is 13.0 Å². The van der Waals surface area contributed by atoms with E-state index >= 15 is 0 Å². The second-order valence-corrected chi connectivity index (χ2v) is 5.61. The summed E-state index contributed by atoms with van der Waals surface area (Å²) >= 11 is 0. The van der Waals surface area contributed by atoms with Gasteiger partial charge in [-0.25, -0.2) is 0 Å². The maximum Gasteiger partial charge on any atom is 0.241 e. The lowest BCUT2D eigenvalue weighted by Gasteiger charge is -2.38. The smallest absolute Gasteiger partial charge is 0.241 e. The zero-order chi connectivity index (χ0) is 15.4. The van der Waals surface area contributed by atoms with E-state index in [2.05, 4.69) is 17.1 Å². The van der Waals surface area contributed by atoms with Gasteiger partial charge >= 0.3 is 0 Å². The summed E-state index contributed by atoms with van der Waals surface area (Å²) in [5, 5.41) is 2.99. The minimum Gasteiger partial charge on any atom is -0.399 e. The number of benzene rings is 1. The Morgan fingerprint density at radius 3 is 3.05 bits per heavy atom. The molecular weight excluding hydrogens is 266 g/mol. The van der Waals surface area contributed by atoms with Crippen molar-refractivity contribution in [2.45, 2.75) is 39.3 Å². The second-order valence-electron chi connectivity index (χ2n) is 5.61. The van der Waals surface area contributed by atoms with Gasteiger partial charge in [0.1, 0.15) is 0 Å². The van der Waals surface area contributed by atoms with Crippen molar-refractivity contribution in [3.8, 4) is 0 Å². The number of anilines is 2. The standard InChI is InChI=1S/C16H25N3O2/c1-4-14-10-21-8-7-19(14)12(3)16(20)18-15-9-13(17)6-5-11(15)2/h5-6,9,12,14H,4,7-8,10,17H2,1-3H3,(H,18,20). The van der Waals surface area contributed by atoms with E-state index in [4.69, 9.17) is 10.5 Å². The van der Waals surface area contributed by atoms with Crippen molar-refractivity contribution < 1.29 is 9.53 Å². The summed E-state index contributed by atoms with van der Waals surface area (Å²) in [5.41, 5.74) is 8.24. The highest BCUT2D eigenvalue weighted by atomic mass is 16.5. The molecule has 2 rings (SSSR count). The molecule has 1 aromatic carbocycles. The Balaban J connectivity index is 2.06. The van der Waals surface area contributed by atoms with Crippen molar-refractivity contribution >= 4 is 17.3 Å². The molecule has 1 amide bonds. The van der Waals surface area contributed by atoms with Crippen LogP contribution in [-0.2, 0) is 9.53 Å². The molecule has 0 radical (unpaired) electrons. The van der Waals surface area contributed by atoms with Gasteiger partial charge < -0.3 is 15.8 Å². The molecule has 1 fully saturated rings. The summed E-state index contributed by atoms with van der Waals surface area (Å²) in [6.45, 7) is 8.22. The minimum atomic E-state index is -0.181. The Morgan fingerprint density at radius 1 is 1.57 bits per heavy atom. The van der Waals surface area contributed by atoms with Crippen LogP contribution in [0.25, 0.3) is 0 Å². The van der Waals surface area contributed by atoms with Crippen molar-refractivity contribution in [2.75, 3.05) is 30.8 Å². The molecule has 0 saturated carbocycles. The number of hydrogen-bond donors (Lipinski definition) is 2. The number of carbonyl (C=O) groups excluding carboxylic acids is 1. The monoisotopic (exact) mass is 291 g/mol. The van der Waals surface area contributed by atoms with Gasteiger partial charge in [0.2, 0.25) is 5.91 Å². The molecule has 1 aliphatic rings. The lowest BCUT2D eigenvalue weighted by molar-refractivity contribution is -0.124. The molecule has 0 aliphatic carbocycles. The van der Waals surface area contributed by atoms with E-state index in [0.717, 1.165) is 24.2 Å². The summed E-state index contributed by atoms with van der Waals surface area (Å²) in [7, 11) is 0. The van der Waals surface area contributed by atoms with E-state index in [1.165, 1.54) is 0 Å². The molecule has 5 nitrogen and oxygen atoms in total. The third kappa shape index (κ3) is 3.74. The van der Waals surface area contributed by atoms with Gasteiger partial charge in [0.05, 0.1) is 19.3 Å². The van der Waals surface area contributed by atoms with Crippen LogP contribution in [0, 0.1) is 6.92 Å². The summed E-state index contributed by atoms with van der Waals surface area (Å²) < 4.78 is 5.50. The van der Waals surface area contributed by atoms with Gasteiger partial charge in [0.15, 0.2) is 0 Å². The minimum absolute atomic E-state index is 0.00375. The van der Waals surface area contributed by atoms with Crippen molar-refractivity contribution in [3.05, 3.63) is 23.8 Å². The molecule has 1 heterocycles. The highest BCUT2D eigenvalue weighted by molar-refractivity contribution is 5.95. The van der Waals surface area contributed by atoms with Crippen molar-refractivity contribution in [3.63, 3.8) is 0 Å². The number of ether oxygens (including phenoxy) is 1. The number of nitrogen functional groups attached to an aromatic ring is 1. The highest BCUT2D eigenvalue weighted by Crippen LogP contribution is 2.20. The quantitative estimate of drug-likeness (QED) is 0.833. The third-order valence-corrected chi connectivity index (χ3v) is 4.14. The lowest BCUT2D eigenvalue weighted by Crippen LogP contribution is -2.53. The number of nitrogens with one attached hydrogen (secondary N) is 1. The fraction of sp³-hybridized carbons (Fsp3) is 0.562. The zero-order valence-electron chi connectivity index (χ0n) is 13.1. The van der Waals surface area contributed by atoms with Crippen LogP contribution >= 0.6 is 0 Å². The van der Waals surface area contributed by atoms with Crippen LogP contribution < -0.4 is 11.1 Å². The Bertz CT molecular complexity index is 504. The van der Waals surface area contributed by atoms with Gasteiger partial charge in [0.25, 0.3) is 0 Å². The molecule has 0 aromatic heterocycles. The van der Waals surface area contributed by atoms with Crippen LogP contribution in [-0.4, -0.2) is 42.6 Å². The Labute approximate surface area is 126 Å². The van der Waals surface area contributed by atoms with Crippen LogP contribution in [0.2, 0.25) is 0 Å². The summed E-state index contributed by atoms with van der Waals surface area (Å²) in [4.78, 5) is 14.7. The van der Waals surface area contributed by atoms with Crippen molar-refractivity contribution in [2.24, 2.45) is 0 Å². The lowest BCUT2D eigenvalue weighted by atomic mass is 10.1. The predicted molar refractivity (Wildman–Crippen MR) is 85.3 cm³/mol. The van der Waals surface area contributed by atoms with Crippen LogP contribution in [0.15, 0.2) is 18.2 Å². The maximum absolute atomic E-state index is 12.5. The topological polar surface area (TPSA) is 67.6 Å². The number of rotatable bonds is 4. The first-order chi connectivity index (χ1) is 10.0. The molecule has 0 bridgehead atoms. The predicted octanol–water partition coefficient (Wildman–Crippen LogP) is 2.02. The van der Waals surface area contributed by atoms with Gasteiger partial charge in [-0.3, -0.25) is 9.69 Å². The summed E-state index contributed by atoms with van der Waals surface area (Å²) in [5.74, 6) is 0.00375. The van der Waals surface area contributed by atoms with Crippen LogP contribution in [0.3, 0.4) is 0 Å². The number of morpholine rings is 1. The van der Waals surface area contributed by atoms with Crippen molar-refractivity contribution in [1.82, 2.24) is 4.90 Å². The molecule has 21 heavy (non-hydrogen) atoms. The first kappa shape index (κ1) is 15.8. The van der Waals surface area contributed by atoms with E-state index in [9.17, 15) is 4.79 Å². The number of carbonyl (C=O) groups is 1. The van der Waals surface area contributed by atoms with E-state index in [-0.39, 0.29) is 11.9 Å². The zero-order valence-corrected chi connectivity index (χ0v) is 13.1. The van der Waals surface area contributed by atoms with Gasteiger partial charge in [0, 0.05) is 24.0 Å². The Hall–Kier alpha value is -1.59. The molecule has 2 atom stereocenters. The van der Waals surface area contributed by atoms with Gasteiger partial charge in [-0.2, -0.15) is 0 Å². The average molecular weight is 291 g/mol. The average Bonchev–Trinajstić information content (AvgIpc) is 2.50. The Kier molecular flexibility index (Phi) is 5.20. The first-order valence-corrected chi connectivity index (χ1v) is 7.53. The number of nitrogens with zero attached hydrogens (tertiary/aromatic N) is 1. The molecule has 116 valence electrons. The summed E-state index contributed by atoms with van der Waals surface area (Å²) in [6, 6.07) is 5.68. The molecule has 1 saturated heterocycles. The molecule has 0 spiro atoms. The van der Waals surface area contributed by atoms with Gasteiger partial charge in [-0.15, -0.1) is 0 Å². The molecule has 5 heteroatoms. The molecule has 3 N–H and O–H groups in total. The molecule has 1 aliphatic heterocycles. The Morgan fingerprint density at radius 2 is 2.33 bits per heavy atom. The highest BCUT2D eigenvalue weighted by Gasteiger charge is 2.29. The van der Waals surface area contributed by atoms with Gasteiger partial charge in [-0.05, 0) is 38.0 Å². The third-order valence-electron chi connectivity index (χ3n) is 4.14. The molecule has 2 unspecified atom stereocenters. The van der Waals surface area contributed by atoms with E-state index in [1.807, 2.05) is 26.0 Å². The largest absolute Gasteiger partial charge is 0.399 e. The SMILES string of the molecule is CCC1COCCN1C(C)C(=O)Nc1cc(N)ccc1C. The van der Waals surface area contributed by atoms with Crippen LogP contribution in [0.4, 0.5) is 11.4 Å². The number of nitrogens with two attached hydrogens (primary N) is 1.